The van der Waals surface area contributed by atoms with Gasteiger partial charge in [-0.2, -0.15) is 0 Å². The van der Waals surface area contributed by atoms with Gasteiger partial charge in [0.05, 0.1) is 6.54 Å². The van der Waals surface area contributed by atoms with Gasteiger partial charge >= 0.3 is 5.97 Å². The van der Waals surface area contributed by atoms with E-state index in [9.17, 15) is 4.79 Å². The molecule has 0 rings (SSSR count). The Morgan fingerprint density at radius 1 is 1.70 bits per heavy atom. The van der Waals surface area contributed by atoms with Gasteiger partial charge in [0.2, 0.25) is 0 Å². The largest absolute Gasteiger partial charge is 0.480 e. The molecule has 0 fully saturated rings. The number of rotatable bonds is 4. The first-order chi connectivity index (χ1) is 4.16. The predicted molar refractivity (Wildman–Crippen MR) is 31.9 cm³/mol. The van der Waals surface area contributed by atoms with E-state index in [0.29, 0.717) is 6.42 Å². The Bertz CT molecular complexity index is 98.9. The molecule has 1 unspecified atom stereocenters. The summed E-state index contributed by atoms with van der Waals surface area (Å²) in [5.41, 5.74) is 0. The molecule has 0 aromatic rings. The van der Waals surface area contributed by atoms with Crippen molar-refractivity contribution in [1.29, 1.82) is 0 Å². The molecule has 0 heterocycles. The van der Waals surface area contributed by atoms with Crippen LogP contribution in [0.25, 0.3) is 0 Å². The molecule has 5 heteroatoms. The first kappa shape index (κ1) is 12.7. The van der Waals surface area contributed by atoms with Crippen LogP contribution in [0, 0.1) is 0 Å². The number of hydrogen-bond acceptors (Lipinski definition) is 3. The van der Waals surface area contributed by atoms with E-state index in [2.05, 4.69) is 5.32 Å². The Morgan fingerprint density at radius 2 is 2.20 bits per heavy atom. The average molecular weight is 240 g/mol. The zero-order valence-corrected chi connectivity index (χ0v) is 7.17. The van der Waals surface area contributed by atoms with Crippen LogP contribution in [0.2, 0.25) is 0 Å². The summed E-state index contributed by atoms with van der Waals surface area (Å²) in [6.07, 6.45) is -0.172. The third-order valence-corrected chi connectivity index (χ3v) is 0.876. The van der Waals surface area contributed by atoms with Crippen molar-refractivity contribution in [3.8, 4) is 0 Å². The van der Waals surface area contributed by atoms with E-state index in [4.69, 9.17) is 10.2 Å². The third kappa shape index (κ3) is 8.05. The third-order valence-electron chi connectivity index (χ3n) is 0.876. The van der Waals surface area contributed by atoms with Gasteiger partial charge in [-0.3, -0.25) is 10.1 Å². The van der Waals surface area contributed by atoms with Crippen molar-refractivity contribution in [3.05, 3.63) is 0 Å². The molecule has 0 aliphatic carbocycles. The number of hydrogen-bond donors (Lipinski definition) is 3. The maximum Gasteiger partial charge on any atom is 0.317 e. The van der Waals surface area contributed by atoms with Gasteiger partial charge in [-0.05, 0) is 6.42 Å². The normalized spacial score (nSPS) is 11.8. The van der Waals surface area contributed by atoms with Gasteiger partial charge in [-0.25, -0.2) is 0 Å². The number of carboxylic acid groups (broad SMARTS) is 1. The molecule has 0 aromatic heterocycles. The summed E-state index contributed by atoms with van der Waals surface area (Å²) in [6.45, 7) is 1.58. The number of nitrogens with one attached hydrogen (secondary N) is 1. The second kappa shape index (κ2) is 7.16. The van der Waals surface area contributed by atoms with E-state index in [1.165, 1.54) is 0 Å². The summed E-state index contributed by atoms with van der Waals surface area (Å²) in [6, 6.07) is 0. The van der Waals surface area contributed by atoms with Gasteiger partial charge in [-0.1, -0.05) is 6.92 Å². The van der Waals surface area contributed by atoms with Crippen LogP contribution < -0.4 is 5.32 Å². The van der Waals surface area contributed by atoms with Crippen molar-refractivity contribution < 1.29 is 35.4 Å². The van der Waals surface area contributed by atoms with Crippen molar-refractivity contribution in [2.24, 2.45) is 0 Å². The fourth-order valence-corrected chi connectivity index (χ4v) is 0.349. The Morgan fingerprint density at radius 3 is 2.50 bits per heavy atom. The van der Waals surface area contributed by atoms with Crippen LogP contribution in [0.1, 0.15) is 13.3 Å². The van der Waals surface area contributed by atoms with Crippen LogP contribution in [0.3, 0.4) is 0 Å². The van der Waals surface area contributed by atoms with Gasteiger partial charge < -0.3 is 10.2 Å². The van der Waals surface area contributed by atoms with Crippen LogP contribution in [0.4, 0.5) is 0 Å². The molecule has 3 N–H and O–H groups in total. The molecule has 0 bridgehead atoms. The molecule has 0 spiro atoms. The minimum atomic E-state index is -0.956. The number of aliphatic hydroxyl groups excluding tert-OH is 1. The summed E-state index contributed by atoms with van der Waals surface area (Å²) in [4.78, 5) is 9.85. The average Bonchev–Trinajstić information content (AvgIpc) is 1.83. The van der Waals surface area contributed by atoms with Gasteiger partial charge in [0, 0.05) is 20.4 Å². The van der Waals surface area contributed by atoms with Crippen LogP contribution in [-0.2, 0) is 25.2 Å². The van der Waals surface area contributed by atoms with E-state index >= 15 is 0 Å². The molecule has 10 heavy (non-hydrogen) atoms. The Kier molecular flexibility index (Phi) is 9.10. The van der Waals surface area contributed by atoms with Gasteiger partial charge in [0.25, 0.3) is 0 Å². The molecular weight excluding hydrogens is 228 g/mol. The zero-order valence-electron chi connectivity index (χ0n) is 5.61. The molecule has 0 amide bonds. The van der Waals surface area contributed by atoms with E-state index in [1.54, 1.807) is 6.92 Å². The minimum absolute atomic E-state index is 0. The second-order valence-electron chi connectivity index (χ2n) is 1.70. The molecule has 0 aliphatic heterocycles. The standard InChI is InChI=1S/C5H11NO3.Pd/c1-2-4(7)6-3-5(8)9;/h4,6-7H,2-3H2,1H3,(H,8,9);. The molecular formula is C5H11NO3Pd. The molecule has 64 valence electrons. The number of aliphatic hydroxyl groups is 1. The first-order valence-electron chi connectivity index (χ1n) is 2.80. The van der Waals surface area contributed by atoms with Crippen molar-refractivity contribution in [2.75, 3.05) is 6.54 Å². The molecule has 0 aromatic carbocycles. The van der Waals surface area contributed by atoms with Crippen LogP contribution in [0.15, 0.2) is 0 Å². The fraction of sp³-hybridized carbons (Fsp3) is 0.800. The van der Waals surface area contributed by atoms with Crippen LogP contribution in [-0.4, -0.2) is 29.0 Å². The molecule has 0 saturated heterocycles. The minimum Gasteiger partial charge on any atom is -0.480 e. The van der Waals surface area contributed by atoms with E-state index in [0.717, 1.165) is 0 Å². The number of aliphatic carboxylic acids is 1. The van der Waals surface area contributed by atoms with E-state index in [1.807, 2.05) is 0 Å². The second-order valence-corrected chi connectivity index (χ2v) is 1.70. The summed E-state index contributed by atoms with van der Waals surface area (Å²) in [5.74, 6) is -0.956. The van der Waals surface area contributed by atoms with Crippen molar-refractivity contribution in [2.45, 2.75) is 19.6 Å². The summed E-state index contributed by atoms with van der Waals surface area (Å²) < 4.78 is 0. The number of carbonyl (C=O) groups is 1. The Balaban J connectivity index is 0. The smallest absolute Gasteiger partial charge is 0.317 e. The molecule has 0 saturated carbocycles. The van der Waals surface area contributed by atoms with Crippen molar-refractivity contribution >= 4 is 5.97 Å². The maximum atomic E-state index is 9.85. The van der Waals surface area contributed by atoms with Crippen LogP contribution in [0.5, 0.6) is 0 Å². The first-order valence-corrected chi connectivity index (χ1v) is 2.80. The monoisotopic (exact) mass is 239 g/mol. The Labute approximate surface area is 73.3 Å². The predicted octanol–water partition coefficient (Wildman–Crippen LogP) is -0.614. The van der Waals surface area contributed by atoms with Crippen molar-refractivity contribution in [3.63, 3.8) is 0 Å². The van der Waals surface area contributed by atoms with Crippen LogP contribution >= 0.6 is 0 Å². The van der Waals surface area contributed by atoms with E-state index in [-0.39, 0.29) is 27.0 Å². The van der Waals surface area contributed by atoms with Gasteiger partial charge in [0.1, 0.15) is 6.23 Å². The van der Waals surface area contributed by atoms with Crippen molar-refractivity contribution in [1.82, 2.24) is 5.32 Å². The summed E-state index contributed by atoms with van der Waals surface area (Å²) in [7, 11) is 0. The van der Waals surface area contributed by atoms with E-state index < -0.39 is 12.2 Å². The SMILES string of the molecule is CCC(O)NCC(=O)O.[Pd]. The van der Waals surface area contributed by atoms with Gasteiger partial charge in [0.15, 0.2) is 0 Å². The topological polar surface area (TPSA) is 69.6 Å². The number of carboxylic acids is 1. The maximum absolute atomic E-state index is 9.85. The molecule has 0 radical (unpaired) electrons. The molecule has 0 aliphatic rings. The fourth-order valence-electron chi connectivity index (χ4n) is 0.349. The molecule has 1 atom stereocenters. The Hall–Kier alpha value is 0.0523. The zero-order chi connectivity index (χ0) is 7.28. The molecule has 4 nitrogen and oxygen atoms in total. The van der Waals surface area contributed by atoms with Gasteiger partial charge in [-0.15, -0.1) is 0 Å². The summed E-state index contributed by atoms with van der Waals surface area (Å²) in [5, 5.41) is 19.2. The quantitative estimate of drug-likeness (QED) is 0.452. The summed E-state index contributed by atoms with van der Waals surface area (Å²) >= 11 is 0.